The fourth-order valence-electron chi connectivity index (χ4n) is 4.42. The van der Waals surface area contributed by atoms with Crippen LogP contribution in [0, 0.1) is 5.82 Å². The van der Waals surface area contributed by atoms with Crippen LogP contribution in [0.2, 0.25) is 0 Å². The van der Waals surface area contributed by atoms with Crippen LogP contribution >= 0.6 is 0 Å². The number of halogens is 1. The summed E-state index contributed by atoms with van der Waals surface area (Å²) in [5.41, 5.74) is 2.49. The lowest BCUT2D eigenvalue weighted by molar-refractivity contribution is 0.477. The molecule has 6 rings (SSSR count). The first-order valence-corrected chi connectivity index (χ1v) is 11.7. The minimum Gasteiger partial charge on any atom is -0.341 e. The van der Waals surface area contributed by atoms with Gasteiger partial charge in [0.05, 0.1) is 0 Å². The molecule has 36 heavy (non-hydrogen) atoms. The van der Waals surface area contributed by atoms with Gasteiger partial charge in [-0.1, -0.05) is 6.92 Å². The number of nitrogens with one attached hydrogen (secondary N) is 1. The van der Waals surface area contributed by atoms with E-state index in [9.17, 15) is 4.39 Å². The highest BCUT2D eigenvalue weighted by molar-refractivity contribution is 5.70. The molecule has 0 saturated carbocycles. The van der Waals surface area contributed by atoms with Gasteiger partial charge in [0.1, 0.15) is 17.8 Å². The van der Waals surface area contributed by atoms with Crippen LogP contribution in [-0.2, 0) is 6.42 Å². The van der Waals surface area contributed by atoms with E-state index in [2.05, 4.69) is 57.8 Å². The molecule has 1 aliphatic heterocycles. The molecule has 1 aromatic carbocycles. The predicted molar refractivity (Wildman–Crippen MR) is 129 cm³/mol. The van der Waals surface area contributed by atoms with E-state index in [0.717, 1.165) is 49.7 Å². The number of hydrogen-bond acceptors (Lipinski definition) is 10. The zero-order valence-corrected chi connectivity index (χ0v) is 19.5. The van der Waals surface area contributed by atoms with Gasteiger partial charge in [-0.3, -0.25) is 4.40 Å². The molecule has 1 aliphatic rings. The number of aromatic nitrogens is 10. The second-order valence-electron chi connectivity index (χ2n) is 8.58. The standard InChI is InChI=1S/C23H23FN12/c1-2-15-12-26-23(27-13-15)34-8-5-16(6-9-34)21-30-31-22-20(25-7-10-35(21)22)29-17-3-4-19(18(24)11-17)36-14-28-32-33-36/h3-4,7,10-14,16H,2,5-6,8-9H2,1H3,(H,25,29). The summed E-state index contributed by atoms with van der Waals surface area (Å²) in [6, 6.07) is 4.69. The molecule has 5 aromatic rings. The Balaban J connectivity index is 1.19. The largest absolute Gasteiger partial charge is 0.341 e. The van der Waals surface area contributed by atoms with Crippen LogP contribution in [-0.4, -0.2) is 62.8 Å². The Kier molecular flexibility index (Phi) is 5.64. The van der Waals surface area contributed by atoms with Crippen molar-refractivity contribution in [3.05, 3.63) is 66.5 Å². The maximum absolute atomic E-state index is 14.6. The summed E-state index contributed by atoms with van der Waals surface area (Å²) in [6.45, 7) is 3.78. The third kappa shape index (κ3) is 4.08. The Labute approximate surface area is 205 Å². The number of aryl methyl sites for hydroxylation is 1. The highest BCUT2D eigenvalue weighted by Crippen LogP contribution is 2.30. The average Bonchev–Trinajstić information content (AvgIpc) is 3.60. The predicted octanol–water partition coefficient (Wildman–Crippen LogP) is 2.72. The Morgan fingerprint density at radius 3 is 2.64 bits per heavy atom. The Morgan fingerprint density at radius 1 is 1.08 bits per heavy atom. The van der Waals surface area contributed by atoms with Crippen molar-refractivity contribution in [2.45, 2.75) is 32.1 Å². The van der Waals surface area contributed by atoms with E-state index in [1.807, 2.05) is 23.0 Å². The summed E-state index contributed by atoms with van der Waals surface area (Å²) in [5, 5.41) is 22.9. The number of rotatable bonds is 6. The lowest BCUT2D eigenvalue weighted by Crippen LogP contribution is -2.34. The molecule has 0 radical (unpaired) electrons. The van der Waals surface area contributed by atoms with Crippen molar-refractivity contribution >= 4 is 23.1 Å². The normalized spacial score (nSPS) is 14.4. The van der Waals surface area contributed by atoms with Crippen molar-refractivity contribution in [3.63, 3.8) is 0 Å². The number of benzene rings is 1. The van der Waals surface area contributed by atoms with E-state index >= 15 is 0 Å². The summed E-state index contributed by atoms with van der Waals surface area (Å²) in [5.74, 6) is 1.92. The van der Waals surface area contributed by atoms with Crippen molar-refractivity contribution in [3.8, 4) is 5.69 Å². The molecule has 0 spiro atoms. The Morgan fingerprint density at radius 2 is 1.92 bits per heavy atom. The van der Waals surface area contributed by atoms with Crippen LogP contribution in [0.5, 0.6) is 0 Å². The topological polar surface area (TPSA) is 128 Å². The van der Waals surface area contributed by atoms with E-state index in [1.54, 1.807) is 18.3 Å². The van der Waals surface area contributed by atoms with Gasteiger partial charge in [-0.15, -0.1) is 15.3 Å². The molecule has 5 heterocycles. The highest BCUT2D eigenvalue weighted by Gasteiger charge is 2.26. The lowest BCUT2D eigenvalue weighted by Gasteiger charge is -2.31. The van der Waals surface area contributed by atoms with E-state index in [0.29, 0.717) is 17.2 Å². The van der Waals surface area contributed by atoms with Crippen molar-refractivity contribution < 1.29 is 4.39 Å². The minimum atomic E-state index is -0.471. The van der Waals surface area contributed by atoms with Crippen molar-refractivity contribution in [1.82, 2.24) is 49.8 Å². The lowest BCUT2D eigenvalue weighted by atomic mass is 9.96. The molecule has 0 aliphatic carbocycles. The molecule has 0 amide bonds. The second-order valence-corrected chi connectivity index (χ2v) is 8.58. The number of hydrogen-bond donors (Lipinski definition) is 1. The van der Waals surface area contributed by atoms with Gasteiger partial charge in [0.15, 0.2) is 11.6 Å². The molecule has 1 fully saturated rings. The molecule has 1 saturated heterocycles. The number of nitrogens with zero attached hydrogens (tertiary/aromatic N) is 11. The molecule has 1 N–H and O–H groups in total. The third-order valence-corrected chi connectivity index (χ3v) is 6.40. The van der Waals surface area contributed by atoms with Gasteiger partial charge in [0, 0.05) is 49.5 Å². The first kappa shape index (κ1) is 21.9. The average molecular weight is 487 g/mol. The summed E-state index contributed by atoms with van der Waals surface area (Å²) in [4.78, 5) is 15.7. The van der Waals surface area contributed by atoms with Crippen LogP contribution in [0.25, 0.3) is 11.3 Å². The van der Waals surface area contributed by atoms with Gasteiger partial charge >= 0.3 is 0 Å². The maximum atomic E-state index is 14.6. The molecule has 0 unspecified atom stereocenters. The Hall–Kier alpha value is -4.55. The van der Waals surface area contributed by atoms with E-state index in [4.69, 9.17) is 0 Å². The van der Waals surface area contributed by atoms with Gasteiger partial charge in [0.2, 0.25) is 11.6 Å². The monoisotopic (exact) mass is 486 g/mol. The molecule has 182 valence electrons. The molecule has 12 nitrogen and oxygen atoms in total. The van der Waals surface area contributed by atoms with E-state index < -0.39 is 5.82 Å². The van der Waals surface area contributed by atoms with Gasteiger partial charge in [-0.25, -0.2) is 19.3 Å². The van der Waals surface area contributed by atoms with Gasteiger partial charge in [-0.2, -0.15) is 4.68 Å². The summed E-state index contributed by atoms with van der Waals surface area (Å²) in [6.07, 6.45) is 11.4. The van der Waals surface area contributed by atoms with Gasteiger partial charge in [-0.05, 0) is 53.5 Å². The Bertz CT molecular complexity index is 1470. The molecule has 13 heteroatoms. The van der Waals surface area contributed by atoms with Crippen LogP contribution in [0.4, 0.5) is 21.8 Å². The fourth-order valence-corrected chi connectivity index (χ4v) is 4.42. The molecule has 0 bridgehead atoms. The summed E-state index contributed by atoms with van der Waals surface area (Å²) >= 11 is 0. The van der Waals surface area contributed by atoms with Crippen molar-refractivity contribution in [2.24, 2.45) is 0 Å². The van der Waals surface area contributed by atoms with Crippen molar-refractivity contribution in [1.29, 1.82) is 0 Å². The van der Waals surface area contributed by atoms with Crippen LogP contribution in [0.3, 0.4) is 0 Å². The zero-order chi connectivity index (χ0) is 24.5. The number of fused-ring (bicyclic) bond motifs is 1. The summed E-state index contributed by atoms with van der Waals surface area (Å²) < 4.78 is 17.9. The zero-order valence-electron chi connectivity index (χ0n) is 19.5. The van der Waals surface area contributed by atoms with E-state index in [1.165, 1.54) is 17.1 Å². The maximum Gasteiger partial charge on any atom is 0.225 e. The van der Waals surface area contributed by atoms with Gasteiger partial charge < -0.3 is 10.2 Å². The minimum absolute atomic E-state index is 0.245. The first-order valence-electron chi connectivity index (χ1n) is 11.7. The van der Waals surface area contributed by atoms with E-state index in [-0.39, 0.29) is 11.6 Å². The first-order chi connectivity index (χ1) is 17.7. The molecular weight excluding hydrogens is 463 g/mol. The number of piperidine rings is 1. The molecular formula is C23H23FN12. The van der Waals surface area contributed by atoms with Crippen LogP contribution in [0.15, 0.2) is 49.3 Å². The SMILES string of the molecule is CCc1cnc(N2CCC(c3nnc4c(Nc5ccc(-n6cnnn6)c(F)c5)nccn34)CC2)nc1. The fraction of sp³-hybridized carbons (Fsp3) is 0.304. The second kappa shape index (κ2) is 9.24. The number of anilines is 3. The smallest absolute Gasteiger partial charge is 0.225 e. The van der Waals surface area contributed by atoms with Gasteiger partial charge in [0.25, 0.3) is 0 Å². The highest BCUT2D eigenvalue weighted by atomic mass is 19.1. The summed E-state index contributed by atoms with van der Waals surface area (Å²) in [7, 11) is 0. The van der Waals surface area contributed by atoms with Crippen molar-refractivity contribution in [2.75, 3.05) is 23.3 Å². The van der Waals surface area contributed by atoms with Crippen LogP contribution in [0.1, 0.15) is 37.1 Å². The van der Waals surface area contributed by atoms with Crippen LogP contribution < -0.4 is 10.2 Å². The quantitative estimate of drug-likeness (QED) is 0.383. The third-order valence-electron chi connectivity index (χ3n) is 6.40. The molecule has 4 aromatic heterocycles. The number of tetrazole rings is 1. The molecule has 0 atom stereocenters.